The number of hydrogen-bond donors (Lipinski definition) is 1. The summed E-state index contributed by atoms with van der Waals surface area (Å²) in [4.78, 5) is 15.6. The molecule has 0 aromatic carbocycles. The second-order valence-electron chi connectivity index (χ2n) is 2.21. The molecule has 1 heterocycles. The van der Waals surface area contributed by atoms with Gasteiger partial charge in [-0.2, -0.15) is 0 Å². The van der Waals surface area contributed by atoms with Crippen LogP contribution in [-0.4, -0.2) is 28.6 Å². The van der Waals surface area contributed by atoms with Crippen LogP contribution in [-0.2, 0) is 0 Å². The van der Waals surface area contributed by atoms with Gasteiger partial charge in [0.05, 0.1) is 0 Å². The standard InChI is InChI=1S/C8H9NO2S2/c1-12-6-4-3-5(8(10)11)9-7(6)13-2/h3-4H,1-2H3,(H,10,11). The summed E-state index contributed by atoms with van der Waals surface area (Å²) in [6, 6.07) is 3.31. The molecule has 0 amide bonds. The third kappa shape index (κ3) is 2.38. The van der Waals surface area contributed by atoms with Crippen LogP contribution >= 0.6 is 23.5 Å². The molecule has 5 heteroatoms. The lowest BCUT2D eigenvalue weighted by Gasteiger charge is -2.03. The third-order valence-corrected chi connectivity index (χ3v) is 3.05. The molecule has 0 saturated heterocycles. The number of aromatic carboxylic acids is 1. The molecule has 0 saturated carbocycles. The molecule has 1 aromatic heterocycles. The predicted octanol–water partition coefficient (Wildman–Crippen LogP) is 2.22. The summed E-state index contributed by atoms with van der Waals surface area (Å²) >= 11 is 3.02. The number of carbonyl (C=O) groups is 1. The van der Waals surface area contributed by atoms with E-state index in [0.717, 1.165) is 9.92 Å². The summed E-state index contributed by atoms with van der Waals surface area (Å²) < 4.78 is 0. The first-order valence-corrected chi connectivity index (χ1v) is 5.96. The second-order valence-corrected chi connectivity index (χ2v) is 3.86. The number of nitrogens with zero attached hydrogens (tertiary/aromatic N) is 1. The van der Waals surface area contributed by atoms with E-state index in [1.807, 2.05) is 12.5 Å². The molecular weight excluding hydrogens is 206 g/mol. The van der Waals surface area contributed by atoms with Crippen LogP contribution in [0, 0.1) is 0 Å². The topological polar surface area (TPSA) is 50.2 Å². The van der Waals surface area contributed by atoms with Crippen molar-refractivity contribution in [1.82, 2.24) is 4.98 Å². The largest absolute Gasteiger partial charge is 0.477 e. The fourth-order valence-electron chi connectivity index (χ4n) is 0.848. The molecule has 0 radical (unpaired) electrons. The minimum absolute atomic E-state index is 0.0992. The van der Waals surface area contributed by atoms with Gasteiger partial charge in [0.1, 0.15) is 10.7 Å². The first-order valence-electron chi connectivity index (χ1n) is 3.51. The Morgan fingerprint density at radius 2 is 2.08 bits per heavy atom. The molecule has 0 bridgehead atoms. The summed E-state index contributed by atoms with van der Waals surface area (Å²) in [6.07, 6.45) is 3.82. The maximum absolute atomic E-state index is 10.6. The van der Waals surface area contributed by atoms with Gasteiger partial charge in [0, 0.05) is 4.90 Å². The van der Waals surface area contributed by atoms with Crippen molar-refractivity contribution < 1.29 is 9.90 Å². The third-order valence-electron chi connectivity index (χ3n) is 1.46. The van der Waals surface area contributed by atoms with Crippen LogP contribution < -0.4 is 0 Å². The average molecular weight is 215 g/mol. The lowest BCUT2D eigenvalue weighted by atomic mass is 10.3. The maximum atomic E-state index is 10.6. The van der Waals surface area contributed by atoms with E-state index >= 15 is 0 Å². The molecule has 0 atom stereocenters. The SMILES string of the molecule is CSc1ccc(C(=O)O)nc1SC. The van der Waals surface area contributed by atoms with Crippen LogP contribution in [0.15, 0.2) is 22.1 Å². The highest BCUT2D eigenvalue weighted by Crippen LogP contribution is 2.26. The normalized spacial score (nSPS) is 10.0. The van der Waals surface area contributed by atoms with Gasteiger partial charge in [-0.15, -0.1) is 23.5 Å². The van der Waals surface area contributed by atoms with Gasteiger partial charge in [0.25, 0.3) is 0 Å². The van der Waals surface area contributed by atoms with Gasteiger partial charge in [-0.3, -0.25) is 0 Å². The Balaban J connectivity index is 3.13. The highest BCUT2D eigenvalue weighted by Gasteiger charge is 2.08. The smallest absolute Gasteiger partial charge is 0.354 e. The summed E-state index contributed by atoms with van der Waals surface area (Å²) in [5.41, 5.74) is 0.0992. The Labute approximate surface area is 84.9 Å². The monoisotopic (exact) mass is 215 g/mol. The second kappa shape index (κ2) is 4.53. The molecule has 0 aliphatic heterocycles. The Kier molecular flexibility index (Phi) is 3.62. The summed E-state index contributed by atoms with van der Waals surface area (Å²) in [6.45, 7) is 0. The van der Waals surface area contributed by atoms with Gasteiger partial charge in [-0.25, -0.2) is 9.78 Å². The van der Waals surface area contributed by atoms with E-state index in [2.05, 4.69) is 4.98 Å². The Morgan fingerprint density at radius 1 is 1.38 bits per heavy atom. The fraction of sp³-hybridized carbons (Fsp3) is 0.250. The number of carboxylic acid groups (broad SMARTS) is 1. The maximum Gasteiger partial charge on any atom is 0.354 e. The van der Waals surface area contributed by atoms with Crippen LogP contribution in [0.25, 0.3) is 0 Å². The quantitative estimate of drug-likeness (QED) is 0.783. The molecule has 0 fully saturated rings. The van der Waals surface area contributed by atoms with Crippen LogP contribution in [0.2, 0.25) is 0 Å². The van der Waals surface area contributed by atoms with E-state index in [-0.39, 0.29) is 5.69 Å². The van der Waals surface area contributed by atoms with E-state index < -0.39 is 5.97 Å². The van der Waals surface area contributed by atoms with E-state index in [1.165, 1.54) is 17.8 Å². The average Bonchev–Trinajstić information content (AvgIpc) is 2.16. The van der Waals surface area contributed by atoms with Gasteiger partial charge in [-0.05, 0) is 24.6 Å². The number of pyridine rings is 1. The van der Waals surface area contributed by atoms with Crippen LogP contribution in [0.3, 0.4) is 0 Å². The van der Waals surface area contributed by atoms with E-state index in [0.29, 0.717) is 0 Å². The minimum Gasteiger partial charge on any atom is -0.477 e. The number of aromatic nitrogens is 1. The van der Waals surface area contributed by atoms with E-state index in [1.54, 1.807) is 17.8 Å². The van der Waals surface area contributed by atoms with Gasteiger partial charge in [-0.1, -0.05) is 0 Å². The lowest BCUT2D eigenvalue weighted by Crippen LogP contribution is -2.01. The van der Waals surface area contributed by atoms with Crippen molar-refractivity contribution in [3.05, 3.63) is 17.8 Å². The van der Waals surface area contributed by atoms with Crippen molar-refractivity contribution in [2.45, 2.75) is 9.92 Å². The van der Waals surface area contributed by atoms with E-state index in [9.17, 15) is 4.79 Å². The van der Waals surface area contributed by atoms with E-state index in [4.69, 9.17) is 5.11 Å². The predicted molar refractivity (Wildman–Crippen MR) is 54.8 cm³/mol. The molecule has 0 spiro atoms. The molecule has 0 unspecified atom stereocenters. The molecule has 1 aromatic rings. The highest BCUT2D eigenvalue weighted by molar-refractivity contribution is 8.01. The summed E-state index contributed by atoms with van der Waals surface area (Å²) in [7, 11) is 0. The summed E-state index contributed by atoms with van der Waals surface area (Å²) in [5, 5.41) is 9.46. The molecule has 13 heavy (non-hydrogen) atoms. The van der Waals surface area contributed by atoms with Crippen molar-refractivity contribution in [3.63, 3.8) is 0 Å². The van der Waals surface area contributed by atoms with Gasteiger partial charge < -0.3 is 5.11 Å². The first-order chi connectivity index (χ1) is 6.19. The van der Waals surface area contributed by atoms with Crippen LogP contribution in [0.5, 0.6) is 0 Å². The van der Waals surface area contributed by atoms with Crippen molar-refractivity contribution in [2.24, 2.45) is 0 Å². The van der Waals surface area contributed by atoms with Crippen LogP contribution in [0.4, 0.5) is 0 Å². The van der Waals surface area contributed by atoms with Crippen LogP contribution in [0.1, 0.15) is 10.5 Å². The van der Waals surface area contributed by atoms with Crippen molar-refractivity contribution >= 4 is 29.5 Å². The Morgan fingerprint density at radius 3 is 2.54 bits per heavy atom. The lowest BCUT2D eigenvalue weighted by molar-refractivity contribution is 0.0689. The molecular formula is C8H9NO2S2. The number of carboxylic acids is 1. The Bertz CT molecular complexity index is 328. The first kappa shape index (κ1) is 10.4. The molecule has 70 valence electrons. The fourth-order valence-corrected chi connectivity index (χ4v) is 2.23. The highest BCUT2D eigenvalue weighted by atomic mass is 32.2. The molecule has 0 aliphatic carbocycles. The molecule has 1 rings (SSSR count). The number of rotatable bonds is 3. The van der Waals surface area contributed by atoms with Gasteiger partial charge in [0.15, 0.2) is 0 Å². The number of hydrogen-bond acceptors (Lipinski definition) is 4. The zero-order valence-corrected chi connectivity index (χ0v) is 8.91. The zero-order valence-electron chi connectivity index (χ0n) is 7.27. The minimum atomic E-state index is -0.983. The number of thioether (sulfide) groups is 2. The summed E-state index contributed by atoms with van der Waals surface area (Å²) in [5.74, 6) is -0.983. The molecule has 3 nitrogen and oxygen atoms in total. The van der Waals surface area contributed by atoms with Gasteiger partial charge >= 0.3 is 5.97 Å². The zero-order chi connectivity index (χ0) is 9.84. The van der Waals surface area contributed by atoms with Gasteiger partial charge in [0.2, 0.25) is 0 Å². The van der Waals surface area contributed by atoms with Crippen molar-refractivity contribution in [2.75, 3.05) is 12.5 Å². The molecule has 0 aliphatic rings. The molecule has 1 N–H and O–H groups in total. The van der Waals surface area contributed by atoms with Crippen molar-refractivity contribution in [1.29, 1.82) is 0 Å². The van der Waals surface area contributed by atoms with Crippen molar-refractivity contribution in [3.8, 4) is 0 Å². The Hall–Kier alpha value is -0.680.